The minimum atomic E-state index is -0.173. The first-order valence-electron chi connectivity index (χ1n) is 14.9. The summed E-state index contributed by atoms with van der Waals surface area (Å²) in [6.45, 7) is 6.23. The lowest BCUT2D eigenvalue weighted by molar-refractivity contribution is 0.143. The molecule has 230 valence electrons. The molecule has 0 bridgehead atoms. The SMILES string of the molecule is Cc1cc(C(C)Nc2ccc(Cl)nc2-c2cnn(C)c2)c2c(c1)c(=O)n(C)c1c2cnn1CC1CCN(C(=O)N(C)C)CC1. The Hall–Kier alpha value is -4.38. The summed E-state index contributed by atoms with van der Waals surface area (Å²) >= 11 is 6.30. The second-order valence-electron chi connectivity index (χ2n) is 12.1. The van der Waals surface area contributed by atoms with Crippen molar-refractivity contribution in [2.75, 3.05) is 32.5 Å². The minimum Gasteiger partial charge on any atom is -0.377 e. The third-order valence-corrected chi connectivity index (χ3v) is 8.83. The van der Waals surface area contributed by atoms with E-state index in [9.17, 15) is 9.59 Å². The van der Waals surface area contributed by atoms with Gasteiger partial charge in [0.2, 0.25) is 0 Å². The van der Waals surface area contributed by atoms with E-state index < -0.39 is 0 Å². The Morgan fingerprint density at radius 3 is 2.55 bits per heavy atom. The maximum absolute atomic E-state index is 13.8. The average Bonchev–Trinajstić information content (AvgIpc) is 3.62. The van der Waals surface area contributed by atoms with Crippen LogP contribution in [0.15, 0.2) is 47.7 Å². The number of carbonyl (C=O) groups is 1. The fourth-order valence-electron chi connectivity index (χ4n) is 6.41. The molecule has 1 unspecified atom stereocenters. The number of hydrogen-bond donors (Lipinski definition) is 1. The average molecular weight is 616 g/mol. The maximum Gasteiger partial charge on any atom is 0.319 e. The summed E-state index contributed by atoms with van der Waals surface area (Å²) in [6.07, 6.45) is 7.34. The number of nitrogens with one attached hydrogen (secondary N) is 1. The zero-order valence-electron chi connectivity index (χ0n) is 26.0. The number of pyridine rings is 2. The zero-order valence-corrected chi connectivity index (χ0v) is 26.8. The van der Waals surface area contributed by atoms with Crippen molar-refractivity contribution in [2.24, 2.45) is 20.0 Å². The Kier molecular flexibility index (Phi) is 7.83. The van der Waals surface area contributed by atoms with Crippen LogP contribution in [0.5, 0.6) is 0 Å². The monoisotopic (exact) mass is 615 g/mol. The quantitative estimate of drug-likeness (QED) is 0.263. The van der Waals surface area contributed by atoms with Crippen molar-refractivity contribution in [2.45, 2.75) is 39.3 Å². The van der Waals surface area contributed by atoms with Crippen LogP contribution in [0.1, 0.15) is 36.9 Å². The molecular formula is C32H38ClN9O2. The van der Waals surface area contributed by atoms with Gasteiger partial charge in [0.05, 0.1) is 23.8 Å². The number of fused-ring (bicyclic) bond motifs is 3. The summed E-state index contributed by atoms with van der Waals surface area (Å²) in [4.78, 5) is 34.4. The van der Waals surface area contributed by atoms with Gasteiger partial charge in [-0.1, -0.05) is 17.7 Å². The molecule has 1 aliphatic rings. The van der Waals surface area contributed by atoms with E-state index in [0.717, 1.165) is 64.7 Å². The highest BCUT2D eigenvalue weighted by atomic mass is 35.5. The molecule has 1 aliphatic heterocycles. The molecule has 11 nitrogen and oxygen atoms in total. The normalized spacial score (nSPS) is 14.8. The molecule has 1 atom stereocenters. The van der Waals surface area contributed by atoms with Gasteiger partial charge in [0.15, 0.2) is 0 Å². The van der Waals surface area contributed by atoms with Crippen molar-refractivity contribution < 1.29 is 4.79 Å². The van der Waals surface area contributed by atoms with Crippen molar-refractivity contribution in [1.82, 2.24) is 38.9 Å². The Balaban J connectivity index is 1.37. The number of piperidine rings is 1. The van der Waals surface area contributed by atoms with Crippen LogP contribution in [0.3, 0.4) is 0 Å². The molecule has 0 radical (unpaired) electrons. The molecule has 2 amide bonds. The van der Waals surface area contributed by atoms with Crippen LogP contribution < -0.4 is 10.9 Å². The van der Waals surface area contributed by atoms with E-state index in [2.05, 4.69) is 28.4 Å². The van der Waals surface area contributed by atoms with E-state index in [0.29, 0.717) is 28.7 Å². The predicted molar refractivity (Wildman–Crippen MR) is 174 cm³/mol. The number of hydrogen-bond acceptors (Lipinski definition) is 6. The van der Waals surface area contributed by atoms with Crippen LogP contribution in [-0.2, 0) is 20.6 Å². The van der Waals surface area contributed by atoms with Crippen LogP contribution in [0.25, 0.3) is 33.1 Å². The standard InChI is InChI=1S/C32H38ClN9O2/c1-19-13-23(20(2)36-26-7-8-27(33)37-29(26)22-15-34-39(5)18-22)28-24(14-19)31(43)40(6)30-25(28)16-35-42(30)17-21-9-11-41(12-10-21)32(44)38(3)4/h7-8,13-16,18,20-21,36H,9-12,17H2,1-6H3. The summed E-state index contributed by atoms with van der Waals surface area (Å²) in [5.74, 6) is 0.358. The van der Waals surface area contributed by atoms with Crippen molar-refractivity contribution in [3.05, 3.63) is 69.5 Å². The first-order valence-corrected chi connectivity index (χ1v) is 15.3. The highest BCUT2D eigenvalue weighted by molar-refractivity contribution is 6.29. The molecule has 6 rings (SSSR count). The van der Waals surface area contributed by atoms with Crippen molar-refractivity contribution in [3.63, 3.8) is 0 Å². The van der Waals surface area contributed by atoms with Crippen molar-refractivity contribution in [1.29, 1.82) is 0 Å². The Morgan fingerprint density at radius 1 is 1.11 bits per heavy atom. The summed E-state index contributed by atoms with van der Waals surface area (Å²) < 4.78 is 5.42. The van der Waals surface area contributed by atoms with E-state index in [1.165, 1.54) is 0 Å². The van der Waals surface area contributed by atoms with Gasteiger partial charge in [0, 0.05) is 81.8 Å². The number of aromatic nitrogens is 6. The molecule has 5 heterocycles. The number of urea groups is 1. The number of nitrogens with zero attached hydrogens (tertiary/aromatic N) is 8. The largest absolute Gasteiger partial charge is 0.377 e. The molecule has 1 fully saturated rings. The summed E-state index contributed by atoms with van der Waals surface area (Å²) in [6, 6.07) is 7.68. The van der Waals surface area contributed by atoms with Gasteiger partial charge in [-0.05, 0) is 61.9 Å². The first kappa shape index (κ1) is 29.7. The Labute approximate surface area is 261 Å². The number of amides is 2. The fraction of sp³-hybridized carbons (Fsp3) is 0.406. The highest BCUT2D eigenvalue weighted by Gasteiger charge is 2.26. The van der Waals surface area contributed by atoms with Gasteiger partial charge in [-0.15, -0.1) is 0 Å². The Morgan fingerprint density at radius 2 is 1.86 bits per heavy atom. The predicted octanol–water partition coefficient (Wildman–Crippen LogP) is 5.21. The Bertz CT molecular complexity index is 1930. The second-order valence-corrected chi connectivity index (χ2v) is 12.5. The van der Waals surface area contributed by atoms with E-state index in [4.69, 9.17) is 16.7 Å². The van der Waals surface area contributed by atoms with Gasteiger partial charge in [-0.2, -0.15) is 10.2 Å². The fourth-order valence-corrected chi connectivity index (χ4v) is 6.55. The van der Waals surface area contributed by atoms with Crippen LogP contribution in [0.2, 0.25) is 5.15 Å². The molecule has 1 saturated heterocycles. The van der Waals surface area contributed by atoms with Crippen LogP contribution in [0, 0.1) is 12.8 Å². The lowest BCUT2D eigenvalue weighted by atomic mass is 9.95. The molecule has 0 spiro atoms. The van der Waals surface area contributed by atoms with E-state index >= 15 is 0 Å². The number of benzene rings is 1. The van der Waals surface area contributed by atoms with Crippen molar-refractivity contribution >= 4 is 45.1 Å². The molecule has 5 aromatic rings. The smallest absolute Gasteiger partial charge is 0.319 e. The number of carbonyl (C=O) groups excluding carboxylic acids is 1. The topological polar surface area (TPSA) is 106 Å². The van der Waals surface area contributed by atoms with E-state index in [1.807, 2.05) is 55.1 Å². The summed E-state index contributed by atoms with van der Waals surface area (Å²) in [7, 11) is 7.26. The molecular weight excluding hydrogens is 578 g/mol. The number of rotatable bonds is 6. The second kappa shape index (κ2) is 11.6. The number of halogens is 1. The van der Waals surface area contributed by atoms with Crippen LogP contribution in [0.4, 0.5) is 10.5 Å². The highest BCUT2D eigenvalue weighted by Crippen LogP contribution is 2.35. The molecule has 1 aromatic carbocycles. The number of anilines is 1. The summed E-state index contributed by atoms with van der Waals surface area (Å²) in [5.41, 5.74) is 5.14. The molecule has 1 N–H and O–H groups in total. The van der Waals surface area contributed by atoms with Gasteiger partial charge in [0.25, 0.3) is 5.56 Å². The summed E-state index contributed by atoms with van der Waals surface area (Å²) in [5, 5.41) is 15.7. The van der Waals surface area contributed by atoms with Crippen LogP contribution in [-0.4, -0.2) is 72.1 Å². The first-order chi connectivity index (χ1) is 21.0. The van der Waals surface area contributed by atoms with Crippen LogP contribution >= 0.6 is 11.6 Å². The molecule has 4 aromatic heterocycles. The van der Waals surface area contributed by atoms with E-state index in [1.54, 1.807) is 40.5 Å². The molecule has 0 saturated carbocycles. The third-order valence-electron chi connectivity index (χ3n) is 8.62. The van der Waals surface area contributed by atoms with Gasteiger partial charge < -0.3 is 15.1 Å². The molecule has 44 heavy (non-hydrogen) atoms. The van der Waals surface area contributed by atoms with Gasteiger partial charge in [-0.3, -0.25) is 14.0 Å². The van der Waals surface area contributed by atoms with Gasteiger partial charge >= 0.3 is 6.03 Å². The lowest BCUT2D eigenvalue weighted by Gasteiger charge is -2.33. The molecule has 0 aliphatic carbocycles. The third kappa shape index (κ3) is 5.40. The number of likely N-dealkylation sites (tertiary alicyclic amines) is 1. The lowest BCUT2D eigenvalue weighted by Crippen LogP contribution is -2.44. The zero-order chi connectivity index (χ0) is 31.3. The number of aryl methyl sites for hydroxylation is 3. The van der Waals surface area contributed by atoms with E-state index in [-0.39, 0.29) is 17.6 Å². The van der Waals surface area contributed by atoms with Gasteiger partial charge in [0.1, 0.15) is 10.8 Å². The van der Waals surface area contributed by atoms with Gasteiger partial charge in [-0.25, -0.2) is 14.5 Å². The molecule has 12 heteroatoms. The minimum absolute atomic E-state index is 0.0503. The maximum atomic E-state index is 13.8. The van der Waals surface area contributed by atoms with Crippen molar-refractivity contribution in [3.8, 4) is 11.3 Å².